The summed E-state index contributed by atoms with van der Waals surface area (Å²) in [5.41, 5.74) is 0.699. The molecule has 14 heavy (non-hydrogen) atoms. The van der Waals surface area contributed by atoms with Gasteiger partial charge in [0.05, 0.1) is 13.2 Å². The minimum Gasteiger partial charge on any atom is -0.496 e. The molecule has 78 valence electrons. The Balaban J connectivity index is 2.95. The molecule has 0 saturated carbocycles. The van der Waals surface area contributed by atoms with Gasteiger partial charge in [-0.2, -0.15) is 0 Å². The molecular formula is C10H13BrO3. The SMILES string of the molecule is COc1cc(Br)ccc1C(O)CCO. The van der Waals surface area contributed by atoms with E-state index in [1.165, 1.54) is 0 Å². The van der Waals surface area contributed by atoms with Gasteiger partial charge < -0.3 is 14.9 Å². The van der Waals surface area contributed by atoms with Gasteiger partial charge in [0, 0.05) is 23.1 Å². The molecule has 4 heteroatoms. The van der Waals surface area contributed by atoms with Crippen LogP contribution in [0.15, 0.2) is 22.7 Å². The highest BCUT2D eigenvalue weighted by Crippen LogP contribution is 2.29. The molecule has 0 spiro atoms. The molecule has 2 N–H and O–H groups in total. The summed E-state index contributed by atoms with van der Waals surface area (Å²) >= 11 is 3.31. The number of hydrogen-bond donors (Lipinski definition) is 2. The van der Waals surface area contributed by atoms with Crippen molar-refractivity contribution in [1.29, 1.82) is 0 Å². The van der Waals surface area contributed by atoms with Crippen LogP contribution in [-0.2, 0) is 0 Å². The summed E-state index contributed by atoms with van der Waals surface area (Å²) in [4.78, 5) is 0. The predicted molar refractivity (Wildman–Crippen MR) is 57.4 cm³/mol. The van der Waals surface area contributed by atoms with Crippen molar-refractivity contribution in [3.8, 4) is 5.75 Å². The number of methoxy groups -OCH3 is 1. The Morgan fingerprint density at radius 2 is 2.21 bits per heavy atom. The molecule has 1 rings (SSSR count). The van der Waals surface area contributed by atoms with Crippen LogP contribution in [0.3, 0.4) is 0 Å². The molecule has 0 fully saturated rings. The van der Waals surface area contributed by atoms with E-state index in [0.29, 0.717) is 17.7 Å². The van der Waals surface area contributed by atoms with Crippen LogP contribution in [0.1, 0.15) is 18.1 Å². The lowest BCUT2D eigenvalue weighted by atomic mass is 10.1. The maximum Gasteiger partial charge on any atom is 0.125 e. The third kappa shape index (κ3) is 2.70. The molecule has 0 saturated heterocycles. The smallest absolute Gasteiger partial charge is 0.125 e. The van der Waals surface area contributed by atoms with Gasteiger partial charge in [0.15, 0.2) is 0 Å². The second-order valence-corrected chi connectivity index (χ2v) is 3.83. The average molecular weight is 261 g/mol. The number of halogens is 1. The molecule has 0 radical (unpaired) electrons. The van der Waals surface area contributed by atoms with E-state index in [2.05, 4.69) is 15.9 Å². The van der Waals surface area contributed by atoms with Gasteiger partial charge in [0.1, 0.15) is 5.75 Å². The van der Waals surface area contributed by atoms with Gasteiger partial charge in [-0.3, -0.25) is 0 Å². The highest BCUT2D eigenvalue weighted by molar-refractivity contribution is 9.10. The molecule has 1 unspecified atom stereocenters. The Morgan fingerprint density at radius 3 is 2.79 bits per heavy atom. The maximum absolute atomic E-state index is 9.67. The molecule has 1 aromatic rings. The summed E-state index contributed by atoms with van der Waals surface area (Å²) in [6.45, 7) is -0.0413. The van der Waals surface area contributed by atoms with E-state index in [4.69, 9.17) is 9.84 Å². The van der Waals surface area contributed by atoms with E-state index >= 15 is 0 Å². The molecule has 0 aliphatic heterocycles. The quantitative estimate of drug-likeness (QED) is 0.869. The summed E-state index contributed by atoms with van der Waals surface area (Å²) in [7, 11) is 1.55. The van der Waals surface area contributed by atoms with Gasteiger partial charge in [-0.25, -0.2) is 0 Å². The van der Waals surface area contributed by atoms with Crippen LogP contribution >= 0.6 is 15.9 Å². The lowest BCUT2D eigenvalue weighted by molar-refractivity contribution is 0.131. The monoisotopic (exact) mass is 260 g/mol. The van der Waals surface area contributed by atoms with Crippen LogP contribution in [0.25, 0.3) is 0 Å². The van der Waals surface area contributed by atoms with E-state index < -0.39 is 6.10 Å². The Labute approximate surface area is 91.5 Å². The van der Waals surface area contributed by atoms with Gasteiger partial charge in [0.25, 0.3) is 0 Å². The minimum absolute atomic E-state index is 0.0413. The fourth-order valence-electron chi connectivity index (χ4n) is 1.24. The Morgan fingerprint density at radius 1 is 1.50 bits per heavy atom. The Kier molecular flexibility index (Phi) is 4.38. The summed E-state index contributed by atoms with van der Waals surface area (Å²) in [6, 6.07) is 5.40. The van der Waals surface area contributed by atoms with Crippen molar-refractivity contribution in [2.24, 2.45) is 0 Å². The van der Waals surface area contributed by atoms with Crippen molar-refractivity contribution in [3.63, 3.8) is 0 Å². The summed E-state index contributed by atoms with van der Waals surface area (Å²) in [5, 5.41) is 18.4. The molecule has 0 aromatic heterocycles. The van der Waals surface area contributed by atoms with Crippen molar-refractivity contribution in [3.05, 3.63) is 28.2 Å². The lowest BCUT2D eigenvalue weighted by Gasteiger charge is -2.13. The average Bonchev–Trinajstić information content (AvgIpc) is 2.17. The summed E-state index contributed by atoms with van der Waals surface area (Å²) < 4.78 is 6.02. The normalized spacial score (nSPS) is 12.6. The molecule has 0 amide bonds. The molecule has 0 aliphatic carbocycles. The minimum atomic E-state index is -0.678. The zero-order valence-corrected chi connectivity index (χ0v) is 9.49. The molecule has 0 bridgehead atoms. The first-order valence-electron chi connectivity index (χ1n) is 4.31. The van der Waals surface area contributed by atoms with Crippen LogP contribution in [0.5, 0.6) is 5.75 Å². The standard InChI is InChI=1S/C10H13BrO3/c1-14-10-6-7(11)2-3-8(10)9(13)4-5-12/h2-3,6,9,12-13H,4-5H2,1H3. The van der Waals surface area contributed by atoms with Crippen LogP contribution in [0.4, 0.5) is 0 Å². The van der Waals surface area contributed by atoms with Crippen molar-refractivity contribution in [2.75, 3.05) is 13.7 Å². The Bertz CT molecular complexity index is 301. The first-order chi connectivity index (χ1) is 6.69. The predicted octanol–water partition coefficient (Wildman–Crippen LogP) is 1.87. The topological polar surface area (TPSA) is 49.7 Å². The van der Waals surface area contributed by atoms with Crippen LogP contribution in [-0.4, -0.2) is 23.9 Å². The molecule has 3 nitrogen and oxygen atoms in total. The zero-order chi connectivity index (χ0) is 10.6. The van der Waals surface area contributed by atoms with Crippen molar-refractivity contribution < 1.29 is 14.9 Å². The zero-order valence-electron chi connectivity index (χ0n) is 7.90. The first-order valence-corrected chi connectivity index (χ1v) is 5.10. The second-order valence-electron chi connectivity index (χ2n) is 2.91. The van der Waals surface area contributed by atoms with Crippen molar-refractivity contribution >= 4 is 15.9 Å². The molecule has 0 aliphatic rings. The largest absolute Gasteiger partial charge is 0.496 e. The fraction of sp³-hybridized carbons (Fsp3) is 0.400. The third-order valence-corrected chi connectivity index (χ3v) is 2.45. The van der Waals surface area contributed by atoms with Gasteiger partial charge in [-0.05, 0) is 12.1 Å². The fourth-order valence-corrected chi connectivity index (χ4v) is 1.58. The van der Waals surface area contributed by atoms with E-state index in [1.54, 1.807) is 19.2 Å². The van der Waals surface area contributed by atoms with E-state index in [-0.39, 0.29) is 6.61 Å². The number of ether oxygens (including phenoxy) is 1. The second kappa shape index (κ2) is 5.34. The summed E-state index contributed by atoms with van der Waals surface area (Å²) in [6.07, 6.45) is -0.360. The maximum atomic E-state index is 9.67. The molecule has 0 heterocycles. The van der Waals surface area contributed by atoms with Crippen molar-refractivity contribution in [2.45, 2.75) is 12.5 Å². The van der Waals surface area contributed by atoms with E-state index in [1.807, 2.05) is 6.07 Å². The molecular weight excluding hydrogens is 248 g/mol. The van der Waals surface area contributed by atoms with Gasteiger partial charge in [-0.15, -0.1) is 0 Å². The molecule has 1 atom stereocenters. The van der Waals surface area contributed by atoms with Crippen LogP contribution < -0.4 is 4.74 Å². The van der Waals surface area contributed by atoms with Crippen molar-refractivity contribution in [1.82, 2.24) is 0 Å². The first kappa shape index (κ1) is 11.5. The summed E-state index contributed by atoms with van der Waals surface area (Å²) in [5.74, 6) is 0.625. The highest BCUT2D eigenvalue weighted by Gasteiger charge is 2.12. The van der Waals surface area contributed by atoms with Gasteiger partial charge in [0.2, 0.25) is 0 Å². The number of rotatable bonds is 4. The van der Waals surface area contributed by atoms with Gasteiger partial charge >= 0.3 is 0 Å². The number of aliphatic hydroxyl groups excluding tert-OH is 2. The highest BCUT2D eigenvalue weighted by atomic mass is 79.9. The number of hydrogen-bond acceptors (Lipinski definition) is 3. The molecule has 1 aromatic carbocycles. The third-order valence-electron chi connectivity index (χ3n) is 1.96. The lowest BCUT2D eigenvalue weighted by Crippen LogP contribution is -2.02. The van der Waals surface area contributed by atoms with E-state index in [9.17, 15) is 5.11 Å². The Hall–Kier alpha value is -0.580. The van der Waals surface area contributed by atoms with Crippen LogP contribution in [0, 0.1) is 0 Å². The van der Waals surface area contributed by atoms with Gasteiger partial charge in [-0.1, -0.05) is 22.0 Å². The number of aliphatic hydroxyl groups is 2. The van der Waals surface area contributed by atoms with E-state index in [0.717, 1.165) is 4.47 Å². The van der Waals surface area contributed by atoms with Crippen LogP contribution in [0.2, 0.25) is 0 Å². The number of benzene rings is 1.